The van der Waals surface area contributed by atoms with Gasteiger partial charge in [0.2, 0.25) is 5.91 Å². The van der Waals surface area contributed by atoms with Crippen LogP contribution in [0.5, 0.6) is 0 Å². The molecule has 1 fully saturated rings. The van der Waals surface area contributed by atoms with Gasteiger partial charge in [0.05, 0.1) is 12.0 Å². The number of carbonyl (C=O) groups is 1. The minimum absolute atomic E-state index is 0.00818. The summed E-state index contributed by atoms with van der Waals surface area (Å²) < 4.78 is 0. The fourth-order valence-electron chi connectivity index (χ4n) is 5.91. The number of fused-ring (bicyclic) bond motifs is 1. The van der Waals surface area contributed by atoms with Gasteiger partial charge >= 0.3 is 0 Å². The molecule has 0 bridgehead atoms. The minimum Gasteiger partial charge on any atom is -0.392 e. The number of piperidine rings is 1. The Morgan fingerprint density at radius 1 is 1.00 bits per heavy atom. The average molecular weight is 458 g/mol. The van der Waals surface area contributed by atoms with Crippen LogP contribution in [0.2, 0.25) is 0 Å². The third kappa shape index (κ3) is 4.02. The van der Waals surface area contributed by atoms with E-state index in [9.17, 15) is 4.79 Å². The van der Waals surface area contributed by atoms with Crippen molar-refractivity contribution < 1.29 is 9.90 Å². The quantitative estimate of drug-likeness (QED) is 0.613. The number of hydrogen-bond donors (Lipinski definition) is 2. The van der Waals surface area contributed by atoms with E-state index in [0.29, 0.717) is 18.6 Å². The van der Waals surface area contributed by atoms with Gasteiger partial charge < -0.3 is 15.7 Å². The van der Waals surface area contributed by atoms with Crippen LogP contribution < -0.4 is 10.6 Å². The second-order valence-electron chi connectivity index (χ2n) is 9.92. The maximum absolute atomic E-state index is 13.0. The van der Waals surface area contributed by atoms with Crippen molar-refractivity contribution in [3.8, 4) is 0 Å². The average Bonchev–Trinajstić information content (AvgIpc) is 3.37. The number of benzene rings is 3. The van der Waals surface area contributed by atoms with Crippen molar-refractivity contribution in [3.05, 3.63) is 77.4 Å². The van der Waals surface area contributed by atoms with Crippen molar-refractivity contribution in [2.75, 3.05) is 24.5 Å². The molecule has 3 N–H and O–H groups in total. The Morgan fingerprint density at radius 2 is 1.65 bits per heavy atom. The lowest BCUT2D eigenvalue weighted by Crippen LogP contribution is -2.47. The van der Waals surface area contributed by atoms with Crippen LogP contribution in [0.15, 0.2) is 60.7 Å². The molecule has 178 valence electrons. The highest BCUT2D eigenvalue weighted by molar-refractivity contribution is 6.05. The normalized spacial score (nSPS) is 23.1. The number of nitrogens with two attached hydrogens (primary N) is 1. The SMILES string of the molecule is CC(O)CN.CC1C(=O)N(C2CCN(C3Cc4cccc5cccc3c45)CC2)c2ccccc21. The third-order valence-corrected chi connectivity index (χ3v) is 7.71. The number of hydrogen-bond acceptors (Lipinski definition) is 4. The number of aliphatic hydroxyl groups excluding tert-OH is 1. The summed E-state index contributed by atoms with van der Waals surface area (Å²) in [5.74, 6) is 0.272. The molecule has 6 rings (SSSR count). The van der Waals surface area contributed by atoms with Crippen molar-refractivity contribution in [1.82, 2.24) is 4.90 Å². The predicted molar refractivity (Wildman–Crippen MR) is 138 cm³/mol. The first-order chi connectivity index (χ1) is 16.5. The van der Waals surface area contributed by atoms with Crippen LogP contribution in [0, 0.1) is 0 Å². The molecule has 0 radical (unpaired) electrons. The van der Waals surface area contributed by atoms with Crippen LogP contribution in [0.1, 0.15) is 55.3 Å². The lowest BCUT2D eigenvalue weighted by atomic mass is 9.98. The monoisotopic (exact) mass is 457 g/mol. The van der Waals surface area contributed by atoms with E-state index >= 15 is 0 Å². The molecule has 1 aliphatic carbocycles. The first-order valence-corrected chi connectivity index (χ1v) is 12.5. The first-order valence-electron chi connectivity index (χ1n) is 12.5. The van der Waals surface area contributed by atoms with E-state index in [-0.39, 0.29) is 17.9 Å². The van der Waals surface area contributed by atoms with Gasteiger partial charge in [-0.25, -0.2) is 0 Å². The van der Waals surface area contributed by atoms with Gasteiger partial charge in [0, 0.05) is 37.4 Å². The number of likely N-dealkylation sites (tertiary alicyclic amines) is 1. The fourth-order valence-corrected chi connectivity index (χ4v) is 5.91. The van der Waals surface area contributed by atoms with Gasteiger partial charge in [-0.3, -0.25) is 9.69 Å². The maximum atomic E-state index is 13.0. The smallest absolute Gasteiger partial charge is 0.234 e. The van der Waals surface area contributed by atoms with Crippen molar-refractivity contribution in [1.29, 1.82) is 0 Å². The second kappa shape index (κ2) is 9.49. The van der Waals surface area contributed by atoms with Crippen molar-refractivity contribution in [3.63, 3.8) is 0 Å². The lowest BCUT2D eigenvalue weighted by molar-refractivity contribution is -0.119. The van der Waals surface area contributed by atoms with Crippen molar-refractivity contribution in [2.45, 2.75) is 57.2 Å². The standard InChI is InChI=1S/C26H26N2O.C3H9NO/c1-17-21-9-2-3-11-23(21)28(26(17)29)20-12-14-27(15-13-20)24-16-19-8-4-6-18-7-5-10-22(24)25(18)19;1-3(5)2-4/h2-11,17,20,24H,12-16H2,1H3;3,5H,2,4H2,1H3. The van der Waals surface area contributed by atoms with Crippen LogP contribution in [0.25, 0.3) is 10.8 Å². The number of amides is 1. The predicted octanol–water partition coefficient (Wildman–Crippen LogP) is 4.38. The van der Waals surface area contributed by atoms with Gasteiger partial charge in [-0.15, -0.1) is 0 Å². The molecule has 2 heterocycles. The Morgan fingerprint density at radius 3 is 2.35 bits per heavy atom. The molecule has 3 atom stereocenters. The molecule has 34 heavy (non-hydrogen) atoms. The van der Waals surface area contributed by atoms with Crippen molar-refractivity contribution >= 4 is 22.4 Å². The molecule has 0 saturated carbocycles. The molecular weight excluding hydrogens is 422 g/mol. The van der Waals surface area contributed by atoms with E-state index in [0.717, 1.165) is 38.0 Å². The molecule has 0 spiro atoms. The molecule has 2 aliphatic heterocycles. The third-order valence-electron chi connectivity index (χ3n) is 7.71. The molecule has 3 aliphatic rings. The highest BCUT2D eigenvalue weighted by Gasteiger charge is 2.40. The second-order valence-corrected chi connectivity index (χ2v) is 9.92. The molecule has 0 aromatic heterocycles. The molecule has 1 amide bonds. The summed E-state index contributed by atoms with van der Waals surface area (Å²) >= 11 is 0. The number of para-hydroxylation sites is 1. The number of rotatable bonds is 3. The summed E-state index contributed by atoms with van der Waals surface area (Å²) in [5.41, 5.74) is 10.2. The molecule has 3 aromatic carbocycles. The zero-order valence-electron chi connectivity index (χ0n) is 20.2. The van der Waals surface area contributed by atoms with E-state index < -0.39 is 0 Å². The Hall–Kier alpha value is -2.73. The summed E-state index contributed by atoms with van der Waals surface area (Å²) in [4.78, 5) is 17.8. The van der Waals surface area contributed by atoms with E-state index in [2.05, 4.69) is 64.4 Å². The Labute approximate surface area is 202 Å². The summed E-state index contributed by atoms with van der Waals surface area (Å²) in [6, 6.07) is 22.6. The Balaban J connectivity index is 0.000000439. The van der Waals surface area contributed by atoms with Crippen LogP contribution in [-0.4, -0.2) is 47.7 Å². The van der Waals surface area contributed by atoms with Crippen molar-refractivity contribution in [2.24, 2.45) is 5.73 Å². The Kier molecular flexibility index (Phi) is 6.43. The zero-order valence-corrected chi connectivity index (χ0v) is 20.2. The van der Waals surface area contributed by atoms with Crippen LogP contribution in [-0.2, 0) is 11.2 Å². The van der Waals surface area contributed by atoms with E-state index in [1.807, 2.05) is 13.0 Å². The van der Waals surface area contributed by atoms with Gasteiger partial charge in [-0.1, -0.05) is 54.6 Å². The fraction of sp³-hybridized carbons (Fsp3) is 0.414. The summed E-state index contributed by atoms with van der Waals surface area (Å²) in [6.45, 7) is 6.17. The lowest BCUT2D eigenvalue weighted by Gasteiger charge is -2.40. The summed E-state index contributed by atoms with van der Waals surface area (Å²) in [5, 5.41) is 11.1. The van der Waals surface area contributed by atoms with E-state index in [1.54, 1.807) is 6.92 Å². The van der Waals surface area contributed by atoms with Crippen LogP contribution in [0.3, 0.4) is 0 Å². The van der Waals surface area contributed by atoms with Crippen LogP contribution in [0.4, 0.5) is 5.69 Å². The molecule has 1 saturated heterocycles. The van der Waals surface area contributed by atoms with E-state index in [4.69, 9.17) is 10.8 Å². The summed E-state index contributed by atoms with van der Waals surface area (Å²) in [7, 11) is 0. The molecular formula is C29H35N3O2. The zero-order chi connectivity index (χ0) is 23.8. The van der Waals surface area contributed by atoms with Gasteiger partial charge in [-0.2, -0.15) is 0 Å². The molecule has 3 unspecified atom stereocenters. The number of aliphatic hydroxyl groups is 1. The minimum atomic E-state index is -0.338. The number of carbonyl (C=O) groups excluding carboxylic acids is 1. The highest BCUT2D eigenvalue weighted by Crippen LogP contribution is 2.43. The topological polar surface area (TPSA) is 69.8 Å². The van der Waals surface area contributed by atoms with Gasteiger partial charge in [0.25, 0.3) is 0 Å². The van der Waals surface area contributed by atoms with Gasteiger partial charge in [0.1, 0.15) is 0 Å². The Bertz CT molecular complexity index is 1180. The highest BCUT2D eigenvalue weighted by atomic mass is 16.3. The number of nitrogens with zero attached hydrogens (tertiary/aromatic N) is 2. The molecule has 5 heteroatoms. The van der Waals surface area contributed by atoms with Gasteiger partial charge in [-0.05, 0) is 66.6 Å². The van der Waals surface area contributed by atoms with Gasteiger partial charge in [0.15, 0.2) is 0 Å². The largest absolute Gasteiger partial charge is 0.392 e. The van der Waals surface area contributed by atoms with E-state index in [1.165, 1.54) is 27.5 Å². The first kappa shape index (κ1) is 23.0. The molecule has 5 nitrogen and oxygen atoms in total. The van der Waals surface area contributed by atoms with Crippen LogP contribution >= 0.6 is 0 Å². The maximum Gasteiger partial charge on any atom is 0.234 e. The number of anilines is 1. The summed E-state index contributed by atoms with van der Waals surface area (Å²) in [6.07, 6.45) is 2.88. The molecule has 3 aromatic rings.